The lowest BCUT2D eigenvalue weighted by Gasteiger charge is -2.34. The lowest BCUT2D eigenvalue weighted by Crippen LogP contribution is -2.49. The molecule has 1 amide bonds. The van der Waals surface area contributed by atoms with E-state index in [0.29, 0.717) is 54.1 Å². The number of amidine groups is 1. The third-order valence-electron chi connectivity index (χ3n) is 5.13. The number of rotatable bonds is 4. The van der Waals surface area contributed by atoms with Crippen molar-refractivity contribution in [2.75, 3.05) is 26.2 Å². The number of thioether (sulfide) groups is 1. The summed E-state index contributed by atoms with van der Waals surface area (Å²) in [5.41, 5.74) is 1.21. The number of aromatic nitrogens is 2. The summed E-state index contributed by atoms with van der Waals surface area (Å²) >= 11 is 1.26. The van der Waals surface area contributed by atoms with Gasteiger partial charge in [0.2, 0.25) is 10.0 Å². The van der Waals surface area contributed by atoms with Crippen molar-refractivity contribution < 1.29 is 18.3 Å². The van der Waals surface area contributed by atoms with Crippen LogP contribution in [0.5, 0.6) is 5.75 Å². The fraction of sp³-hybridized carbons (Fsp3) is 0.350. The van der Waals surface area contributed by atoms with Crippen molar-refractivity contribution in [3.05, 3.63) is 46.6 Å². The normalized spacial score (nSPS) is 19.3. The van der Waals surface area contributed by atoms with E-state index < -0.39 is 10.0 Å². The third-order valence-corrected chi connectivity index (χ3v) is 8.18. The van der Waals surface area contributed by atoms with Crippen LogP contribution >= 0.6 is 11.8 Å². The Morgan fingerprint density at radius 3 is 2.61 bits per heavy atom. The molecule has 0 radical (unpaired) electrons. The van der Waals surface area contributed by atoms with Gasteiger partial charge in [-0.1, -0.05) is 12.1 Å². The second-order valence-corrected chi connectivity index (χ2v) is 10.1. The van der Waals surface area contributed by atoms with Gasteiger partial charge >= 0.3 is 0 Å². The Balaban J connectivity index is 1.43. The van der Waals surface area contributed by atoms with Crippen molar-refractivity contribution in [1.82, 2.24) is 19.0 Å². The molecule has 1 fully saturated rings. The van der Waals surface area contributed by atoms with E-state index in [1.807, 2.05) is 11.8 Å². The summed E-state index contributed by atoms with van der Waals surface area (Å²) in [6, 6.07) is 6.64. The van der Waals surface area contributed by atoms with Crippen LogP contribution < -0.4 is 0 Å². The predicted octanol–water partition coefficient (Wildman–Crippen LogP) is 1.89. The first-order chi connectivity index (χ1) is 14.8. The van der Waals surface area contributed by atoms with Crippen molar-refractivity contribution in [2.24, 2.45) is 4.99 Å². The first-order valence-electron chi connectivity index (χ1n) is 9.88. The maximum atomic E-state index is 13.0. The molecule has 0 spiro atoms. The maximum absolute atomic E-state index is 13.0. The highest BCUT2D eigenvalue weighted by molar-refractivity contribution is 8.18. The second kappa shape index (κ2) is 8.48. The molecule has 1 aromatic heterocycles. The molecule has 2 aromatic rings. The highest BCUT2D eigenvalue weighted by atomic mass is 32.2. The summed E-state index contributed by atoms with van der Waals surface area (Å²) < 4.78 is 29.1. The van der Waals surface area contributed by atoms with Crippen molar-refractivity contribution in [2.45, 2.75) is 25.3 Å². The number of phenolic OH excluding ortho intramolecular Hbond substituents is 1. The maximum Gasteiger partial charge on any atom is 0.286 e. The van der Waals surface area contributed by atoms with E-state index in [0.717, 1.165) is 0 Å². The fourth-order valence-corrected chi connectivity index (χ4v) is 6.03. The Hall–Kier alpha value is -2.63. The first kappa shape index (κ1) is 21.6. The van der Waals surface area contributed by atoms with Gasteiger partial charge < -0.3 is 10.0 Å². The van der Waals surface area contributed by atoms with E-state index in [2.05, 4.69) is 10.1 Å². The van der Waals surface area contributed by atoms with Gasteiger partial charge in [0.1, 0.15) is 10.6 Å². The van der Waals surface area contributed by atoms with E-state index in [1.165, 1.54) is 16.1 Å². The zero-order chi connectivity index (χ0) is 22.2. The van der Waals surface area contributed by atoms with Gasteiger partial charge in [-0.2, -0.15) is 14.4 Å². The smallest absolute Gasteiger partial charge is 0.286 e. The second-order valence-electron chi connectivity index (χ2n) is 7.23. The molecule has 0 saturated carbocycles. The van der Waals surface area contributed by atoms with E-state index >= 15 is 0 Å². The van der Waals surface area contributed by atoms with Gasteiger partial charge in [0, 0.05) is 38.9 Å². The molecule has 1 aromatic carbocycles. The van der Waals surface area contributed by atoms with Crippen LogP contribution in [-0.4, -0.2) is 69.8 Å². The Kier molecular flexibility index (Phi) is 5.91. The summed E-state index contributed by atoms with van der Waals surface area (Å²) in [4.78, 5) is 19.1. The van der Waals surface area contributed by atoms with Crippen LogP contribution in [0.15, 0.2) is 45.3 Å². The van der Waals surface area contributed by atoms with Crippen LogP contribution in [0.1, 0.15) is 18.2 Å². The monoisotopic (exact) mass is 461 g/mol. The van der Waals surface area contributed by atoms with Gasteiger partial charge in [-0.25, -0.2) is 8.42 Å². The van der Waals surface area contributed by atoms with Gasteiger partial charge in [0.15, 0.2) is 5.17 Å². The molecular weight excluding hydrogens is 438 g/mol. The number of amides is 1. The van der Waals surface area contributed by atoms with Gasteiger partial charge in [0.05, 0.1) is 10.6 Å². The van der Waals surface area contributed by atoms with Gasteiger partial charge in [-0.15, -0.1) is 0 Å². The van der Waals surface area contributed by atoms with E-state index in [4.69, 9.17) is 0 Å². The molecule has 0 atom stereocenters. The fourth-order valence-electron chi connectivity index (χ4n) is 3.47. The van der Waals surface area contributed by atoms with E-state index in [1.54, 1.807) is 48.1 Å². The summed E-state index contributed by atoms with van der Waals surface area (Å²) in [6.07, 6.45) is 3.27. The Morgan fingerprint density at radius 2 is 1.97 bits per heavy atom. The highest BCUT2D eigenvalue weighted by Gasteiger charge is 2.34. The minimum Gasteiger partial charge on any atom is -0.508 e. The number of nitrogens with zero attached hydrogens (tertiary/aromatic N) is 5. The summed E-state index contributed by atoms with van der Waals surface area (Å²) in [6.45, 7) is 5.71. The number of phenols is 1. The standard InChI is InChI=1S/C20H23N5O4S2/c1-3-24-13-18(14(2)22-24)31(28,29)25-9-7-23(8-10-25)20-21-19(27)17(30-20)12-15-5-4-6-16(26)11-15/h4-6,11-13,26H,3,7-10H2,1-2H3/b17-12-. The number of benzene rings is 1. The Bertz CT molecular complexity index is 1180. The number of hydrogen-bond donors (Lipinski definition) is 1. The SMILES string of the molecule is CCn1cc(S(=O)(=O)N2CCN(C3=NC(=O)/C(=C/c4cccc(O)c4)S3)CC2)c(C)n1. The third kappa shape index (κ3) is 4.39. The minimum absolute atomic E-state index is 0.128. The molecule has 2 aliphatic heterocycles. The lowest BCUT2D eigenvalue weighted by molar-refractivity contribution is -0.113. The molecule has 4 rings (SSSR count). The highest BCUT2D eigenvalue weighted by Crippen LogP contribution is 2.31. The van der Waals surface area contributed by atoms with E-state index in [-0.39, 0.29) is 16.6 Å². The molecule has 31 heavy (non-hydrogen) atoms. The molecule has 164 valence electrons. The predicted molar refractivity (Wildman–Crippen MR) is 119 cm³/mol. The average molecular weight is 462 g/mol. The minimum atomic E-state index is -3.62. The summed E-state index contributed by atoms with van der Waals surface area (Å²) in [7, 11) is -3.62. The molecular formula is C20H23N5O4S2. The van der Waals surface area contributed by atoms with Gasteiger partial charge in [-0.3, -0.25) is 9.48 Å². The van der Waals surface area contributed by atoms with Crippen LogP contribution in [-0.2, 0) is 21.4 Å². The molecule has 9 nitrogen and oxygen atoms in total. The van der Waals surface area contributed by atoms with Crippen LogP contribution in [0.2, 0.25) is 0 Å². The largest absolute Gasteiger partial charge is 0.508 e. The van der Waals surface area contributed by atoms with E-state index in [9.17, 15) is 18.3 Å². The number of aliphatic imine (C=N–C) groups is 1. The quantitative estimate of drug-likeness (QED) is 0.693. The number of aromatic hydroxyl groups is 1. The summed E-state index contributed by atoms with van der Waals surface area (Å²) in [5.74, 6) is -0.205. The molecule has 0 bridgehead atoms. The molecule has 2 aliphatic rings. The van der Waals surface area contributed by atoms with Gasteiger partial charge in [-0.05, 0) is 49.4 Å². The number of sulfonamides is 1. The van der Waals surface area contributed by atoms with Gasteiger partial charge in [0.25, 0.3) is 5.91 Å². The van der Waals surface area contributed by atoms with Crippen LogP contribution in [0.3, 0.4) is 0 Å². The van der Waals surface area contributed by atoms with Crippen molar-refractivity contribution in [3.63, 3.8) is 0 Å². The zero-order valence-electron chi connectivity index (χ0n) is 17.2. The first-order valence-corrected chi connectivity index (χ1v) is 12.1. The molecule has 1 saturated heterocycles. The lowest BCUT2D eigenvalue weighted by atomic mass is 10.2. The van der Waals surface area contributed by atoms with Crippen molar-refractivity contribution in [1.29, 1.82) is 0 Å². The Labute approximate surface area is 185 Å². The Morgan fingerprint density at radius 1 is 1.23 bits per heavy atom. The number of carbonyl (C=O) groups excluding carboxylic acids is 1. The van der Waals surface area contributed by atoms with Crippen LogP contribution in [0, 0.1) is 6.92 Å². The zero-order valence-corrected chi connectivity index (χ0v) is 18.9. The van der Waals surface area contributed by atoms with Crippen molar-refractivity contribution in [3.8, 4) is 5.75 Å². The number of hydrogen-bond acceptors (Lipinski definition) is 7. The molecule has 3 heterocycles. The van der Waals surface area contributed by atoms with Crippen LogP contribution in [0.25, 0.3) is 6.08 Å². The topological polar surface area (TPSA) is 108 Å². The molecule has 1 N–H and O–H groups in total. The number of piperazine rings is 1. The number of aryl methyl sites for hydroxylation is 2. The molecule has 11 heteroatoms. The van der Waals surface area contributed by atoms with Crippen molar-refractivity contribution >= 4 is 38.9 Å². The summed E-state index contributed by atoms with van der Waals surface area (Å²) in [5, 5.41) is 14.4. The molecule has 0 unspecified atom stereocenters. The number of carbonyl (C=O) groups is 1. The van der Waals surface area contributed by atoms with Crippen LogP contribution in [0.4, 0.5) is 0 Å². The molecule has 0 aliphatic carbocycles. The average Bonchev–Trinajstić information content (AvgIpc) is 3.31.